The lowest BCUT2D eigenvalue weighted by molar-refractivity contribution is 0.315. The molecule has 1 aromatic carbocycles. The van der Waals surface area contributed by atoms with E-state index in [0.29, 0.717) is 17.3 Å². The van der Waals surface area contributed by atoms with Gasteiger partial charge in [-0.05, 0) is 18.2 Å². The summed E-state index contributed by atoms with van der Waals surface area (Å²) in [7, 11) is 0. The Morgan fingerprint density at radius 2 is 2.38 bits per heavy atom. The lowest BCUT2D eigenvalue weighted by Crippen LogP contribution is -2.27. The highest BCUT2D eigenvalue weighted by atomic mass is 35.5. The number of hydrogen-bond acceptors (Lipinski definition) is 3. The normalized spacial score (nSPS) is 13.6. The van der Waals surface area contributed by atoms with E-state index < -0.39 is 0 Å². The molecule has 0 aliphatic rings. The first-order chi connectivity index (χ1) is 7.54. The molecular formula is C10H13ClFN3O. The first-order valence-electron chi connectivity index (χ1n) is 4.71. The van der Waals surface area contributed by atoms with Crippen LogP contribution in [0.25, 0.3) is 0 Å². The first kappa shape index (κ1) is 12.6. The van der Waals surface area contributed by atoms with Crippen LogP contribution in [0.15, 0.2) is 23.4 Å². The molecule has 0 saturated carbocycles. The number of halogens is 2. The lowest BCUT2D eigenvalue weighted by Gasteiger charge is -2.13. The molecular weight excluding hydrogens is 233 g/mol. The Kier molecular flexibility index (Phi) is 4.37. The van der Waals surface area contributed by atoms with Gasteiger partial charge < -0.3 is 16.3 Å². The Morgan fingerprint density at radius 1 is 1.69 bits per heavy atom. The van der Waals surface area contributed by atoms with E-state index >= 15 is 0 Å². The number of nitrogens with two attached hydrogens (primary N) is 1. The average Bonchev–Trinajstić information content (AvgIpc) is 2.28. The van der Waals surface area contributed by atoms with Crippen LogP contribution in [0.5, 0.6) is 0 Å². The van der Waals surface area contributed by atoms with Crippen LogP contribution >= 0.6 is 11.6 Å². The summed E-state index contributed by atoms with van der Waals surface area (Å²) < 4.78 is 12.9. The predicted octanol–water partition coefficient (Wildman–Crippen LogP) is 2.27. The van der Waals surface area contributed by atoms with Gasteiger partial charge >= 0.3 is 0 Å². The quantitative estimate of drug-likeness (QED) is 0.330. The average molecular weight is 246 g/mol. The van der Waals surface area contributed by atoms with E-state index in [1.54, 1.807) is 6.92 Å². The van der Waals surface area contributed by atoms with Crippen molar-refractivity contribution in [3.63, 3.8) is 0 Å². The number of nitrogens with one attached hydrogen (secondary N) is 1. The van der Waals surface area contributed by atoms with Gasteiger partial charge in [-0.2, -0.15) is 0 Å². The van der Waals surface area contributed by atoms with Gasteiger partial charge in [0.2, 0.25) is 0 Å². The Balaban J connectivity index is 2.64. The van der Waals surface area contributed by atoms with Crippen molar-refractivity contribution in [2.75, 3.05) is 11.9 Å². The van der Waals surface area contributed by atoms with E-state index in [9.17, 15) is 4.39 Å². The maximum atomic E-state index is 12.9. The molecule has 1 atom stereocenters. The van der Waals surface area contributed by atoms with Crippen molar-refractivity contribution in [2.45, 2.75) is 6.92 Å². The summed E-state index contributed by atoms with van der Waals surface area (Å²) in [5, 5.41) is 14.7. The van der Waals surface area contributed by atoms with Gasteiger partial charge in [-0.25, -0.2) is 4.39 Å². The highest BCUT2D eigenvalue weighted by Crippen LogP contribution is 2.22. The molecule has 0 spiro atoms. The van der Waals surface area contributed by atoms with E-state index in [2.05, 4.69) is 10.5 Å². The molecule has 0 aliphatic carbocycles. The Bertz CT molecular complexity index is 398. The summed E-state index contributed by atoms with van der Waals surface area (Å²) in [5.74, 6) is -0.437. The zero-order valence-electron chi connectivity index (χ0n) is 8.74. The van der Waals surface area contributed by atoms with Gasteiger partial charge in [0.25, 0.3) is 0 Å². The number of nitrogens with zero attached hydrogens (tertiary/aromatic N) is 1. The van der Waals surface area contributed by atoms with Gasteiger partial charge in [0, 0.05) is 12.5 Å². The number of benzene rings is 1. The summed E-state index contributed by atoms with van der Waals surface area (Å²) in [4.78, 5) is 0. The Hall–Kier alpha value is -1.49. The minimum atomic E-state index is -0.372. The van der Waals surface area contributed by atoms with Gasteiger partial charge in [0.05, 0.1) is 10.7 Å². The zero-order chi connectivity index (χ0) is 12.1. The molecule has 0 aliphatic heterocycles. The van der Waals surface area contributed by atoms with E-state index in [1.807, 2.05) is 0 Å². The van der Waals surface area contributed by atoms with Gasteiger partial charge in [-0.3, -0.25) is 0 Å². The van der Waals surface area contributed by atoms with Crippen LogP contribution in [-0.2, 0) is 0 Å². The summed E-state index contributed by atoms with van der Waals surface area (Å²) in [6, 6.07) is 4.04. The van der Waals surface area contributed by atoms with Crippen LogP contribution in [0.3, 0.4) is 0 Å². The highest BCUT2D eigenvalue weighted by molar-refractivity contribution is 6.33. The zero-order valence-corrected chi connectivity index (χ0v) is 9.50. The van der Waals surface area contributed by atoms with E-state index in [-0.39, 0.29) is 17.6 Å². The van der Waals surface area contributed by atoms with Gasteiger partial charge in [0.15, 0.2) is 0 Å². The number of amidine groups is 1. The summed E-state index contributed by atoms with van der Waals surface area (Å²) in [5.41, 5.74) is 5.89. The van der Waals surface area contributed by atoms with Crippen molar-refractivity contribution in [2.24, 2.45) is 16.8 Å². The molecule has 1 rings (SSSR count). The largest absolute Gasteiger partial charge is 0.409 e. The van der Waals surface area contributed by atoms with Crippen LogP contribution in [0, 0.1) is 11.7 Å². The van der Waals surface area contributed by atoms with Gasteiger partial charge in [-0.1, -0.05) is 23.7 Å². The maximum absolute atomic E-state index is 12.9. The molecule has 16 heavy (non-hydrogen) atoms. The topological polar surface area (TPSA) is 70.6 Å². The summed E-state index contributed by atoms with van der Waals surface area (Å²) in [6.07, 6.45) is 0. The van der Waals surface area contributed by atoms with Crippen molar-refractivity contribution in [1.82, 2.24) is 0 Å². The lowest BCUT2D eigenvalue weighted by atomic mass is 10.1. The second-order valence-corrected chi connectivity index (χ2v) is 3.84. The van der Waals surface area contributed by atoms with Crippen molar-refractivity contribution < 1.29 is 9.60 Å². The standard InChI is InChI=1S/C10H13ClFN3O/c1-6(10(13)15-16)5-14-9-4-7(12)2-3-8(9)11/h2-4,6,14,16H,5H2,1H3,(H2,13,15). The fraction of sp³-hybridized carbons (Fsp3) is 0.300. The third kappa shape index (κ3) is 3.27. The van der Waals surface area contributed by atoms with E-state index in [4.69, 9.17) is 22.5 Å². The Morgan fingerprint density at radius 3 is 3.00 bits per heavy atom. The van der Waals surface area contributed by atoms with Crippen molar-refractivity contribution in [1.29, 1.82) is 0 Å². The number of hydrogen-bond donors (Lipinski definition) is 3. The monoisotopic (exact) mass is 245 g/mol. The van der Waals surface area contributed by atoms with Crippen LogP contribution in [0.2, 0.25) is 5.02 Å². The fourth-order valence-corrected chi connectivity index (χ4v) is 1.28. The minimum absolute atomic E-state index is 0.111. The predicted molar refractivity (Wildman–Crippen MR) is 62.5 cm³/mol. The van der Waals surface area contributed by atoms with E-state index in [0.717, 1.165) is 0 Å². The molecule has 0 heterocycles. The second kappa shape index (κ2) is 5.55. The first-order valence-corrected chi connectivity index (χ1v) is 5.08. The second-order valence-electron chi connectivity index (χ2n) is 3.43. The molecule has 0 amide bonds. The molecule has 0 bridgehead atoms. The molecule has 0 fully saturated rings. The molecule has 4 nitrogen and oxygen atoms in total. The third-order valence-corrected chi connectivity index (χ3v) is 2.48. The number of anilines is 1. The fourth-order valence-electron chi connectivity index (χ4n) is 1.10. The smallest absolute Gasteiger partial charge is 0.143 e. The molecule has 0 aromatic heterocycles. The van der Waals surface area contributed by atoms with E-state index in [1.165, 1.54) is 18.2 Å². The van der Waals surface area contributed by atoms with Crippen LogP contribution in [-0.4, -0.2) is 17.6 Å². The van der Waals surface area contributed by atoms with Crippen LogP contribution in [0.1, 0.15) is 6.92 Å². The van der Waals surface area contributed by atoms with Crippen molar-refractivity contribution in [3.05, 3.63) is 29.0 Å². The van der Waals surface area contributed by atoms with Crippen molar-refractivity contribution in [3.8, 4) is 0 Å². The molecule has 1 unspecified atom stereocenters. The van der Waals surface area contributed by atoms with Crippen LogP contribution < -0.4 is 11.1 Å². The van der Waals surface area contributed by atoms with Gasteiger partial charge in [0.1, 0.15) is 11.7 Å². The molecule has 4 N–H and O–H groups in total. The molecule has 0 saturated heterocycles. The maximum Gasteiger partial charge on any atom is 0.143 e. The SMILES string of the molecule is CC(CNc1cc(F)ccc1Cl)/C(N)=N/O. The minimum Gasteiger partial charge on any atom is -0.409 e. The highest BCUT2D eigenvalue weighted by Gasteiger charge is 2.08. The molecule has 6 heteroatoms. The third-order valence-electron chi connectivity index (χ3n) is 2.15. The molecule has 0 radical (unpaired) electrons. The molecule has 1 aromatic rings. The van der Waals surface area contributed by atoms with Gasteiger partial charge in [-0.15, -0.1) is 0 Å². The Labute approximate surface area is 97.9 Å². The van der Waals surface area contributed by atoms with Crippen molar-refractivity contribution >= 4 is 23.1 Å². The summed E-state index contributed by atoms with van der Waals surface area (Å²) in [6.45, 7) is 2.17. The van der Waals surface area contributed by atoms with Crippen LogP contribution in [0.4, 0.5) is 10.1 Å². The summed E-state index contributed by atoms with van der Waals surface area (Å²) >= 11 is 5.85. The molecule has 88 valence electrons. The number of oxime groups is 1. The number of rotatable bonds is 4.